The van der Waals surface area contributed by atoms with Crippen molar-refractivity contribution in [1.29, 1.82) is 0 Å². The number of aliphatic hydroxyl groups excluding tert-OH is 1. The Kier molecular flexibility index (Phi) is 9.18. The summed E-state index contributed by atoms with van der Waals surface area (Å²) in [6, 6.07) is 21.3. The number of methoxy groups -OCH3 is 1. The number of hydrogen-bond acceptors (Lipinski definition) is 6. The number of carbonyl (C=O) groups excluding carboxylic acids is 2. The lowest BCUT2D eigenvalue weighted by atomic mass is 9.95. The van der Waals surface area contributed by atoms with E-state index in [1.165, 1.54) is 4.90 Å². The van der Waals surface area contributed by atoms with Crippen LogP contribution in [-0.2, 0) is 20.9 Å². The highest BCUT2D eigenvalue weighted by Crippen LogP contribution is 2.40. The molecule has 1 aliphatic rings. The molecule has 1 aliphatic heterocycles. The number of ether oxygens (including phenoxy) is 3. The quantitative estimate of drug-likeness (QED) is 0.109. The van der Waals surface area contributed by atoms with Gasteiger partial charge in [0.25, 0.3) is 11.7 Å². The molecule has 1 fully saturated rings. The summed E-state index contributed by atoms with van der Waals surface area (Å²) >= 11 is 0. The van der Waals surface area contributed by atoms with Gasteiger partial charge in [0, 0.05) is 25.8 Å². The van der Waals surface area contributed by atoms with Crippen molar-refractivity contribution in [3.05, 3.63) is 113 Å². The zero-order valence-corrected chi connectivity index (χ0v) is 22.3. The molecule has 7 nitrogen and oxygen atoms in total. The summed E-state index contributed by atoms with van der Waals surface area (Å²) in [4.78, 5) is 27.8. The second kappa shape index (κ2) is 12.9. The molecule has 7 heteroatoms. The highest BCUT2D eigenvalue weighted by atomic mass is 16.5. The first-order valence-electron chi connectivity index (χ1n) is 12.8. The van der Waals surface area contributed by atoms with Crippen molar-refractivity contribution in [3.63, 3.8) is 0 Å². The molecule has 1 amide bonds. The SMILES string of the molecule is C=CCOc1ccc(C2C(=C(O)c3ccc(OCc4cccc(C)c4)cc3)C(=O)C(=O)N2CCCOC)cc1. The maximum absolute atomic E-state index is 13.2. The van der Waals surface area contributed by atoms with Crippen LogP contribution in [0.1, 0.15) is 34.7 Å². The van der Waals surface area contributed by atoms with Gasteiger partial charge in [-0.2, -0.15) is 0 Å². The number of likely N-dealkylation sites (tertiary alicyclic amines) is 1. The maximum atomic E-state index is 13.2. The van der Waals surface area contributed by atoms with Gasteiger partial charge in [-0.15, -0.1) is 0 Å². The molecule has 3 aromatic carbocycles. The molecule has 202 valence electrons. The Hall–Kier alpha value is -4.36. The van der Waals surface area contributed by atoms with Gasteiger partial charge in [0.1, 0.15) is 30.5 Å². The largest absolute Gasteiger partial charge is 0.507 e. The Balaban J connectivity index is 1.62. The number of amides is 1. The lowest BCUT2D eigenvalue weighted by molar-refractivity contribution is -0.140. The fourth-order valence-corrected chi connectivity index (χ4v) is 4.57. The third kappa shape index (κ3) is 6.56. The molecule has 0 radical (unpaired) electrons. The number of Topliss-reactive ketones (excluding diaryl/α,β-unsaturated/α-hetero) is 1. The van der Waals surface area contributed by atoms with E-state index in [0.717, 1.165) is 11.1 Å². The molecule has 0 aromatic heterocycles. The average molecular weight is 528 g/mol. The summed E-state index contributed by atoms with van der Waals surface area (Å²) in [6.45, 7) is 7.19. The molecule has 0 saturated carbocycles. The van der Waals surface area contributed by atoms with Crippen LogP contribution in [0, 0.1) is 6.92 Å². The third-order valence-corrected chi connectivity index (χ3v) is 6.47. The van der Waals surface area contributed by atoms with E-state index in [2.05, 4.69) is 12.6 Å². The average Bonchev–Trinajstić information content (AvgIpc) is 3.20. The number of aliphatic hydroxyl groups is 1. The highest BCUT2D eigenvalue weighted by molar-refractivity contribution is 6.46. The van der Waals surface area contributed by atoms with E-state index in [9.17, 15) is 14.7 Å². The molecular formula is C32H33NO6. The van der Waals surface area contributed by atoms with Crippen LogP contribution in [0.15, 0.2) is 91.0 Å². The van der Waals surface area contributed by atoms with E-state index in [1.54, 1.807) is 61.7 Å². The van der Waals surface area contributed by atoms with Crippen LogP contribution in [0.3, 0.4) is 0 Å². The number of ketones is 1. The second-order valence-corrected chi connectivity index (χ2v) is 9.31. The van der Waals surface area contributed by atoms with Gasteiger partial charge >= 0.3 is 0 Å². The lowest BCUT2D eigenvalue weighted by Crippen LogP contribution is -2.31. The number of benzene rings is 3. The summed E-state index contributed by atoms with van der Waals surface area (Å²) in [7, 11) is 1.59. The van der Waals surface area contributed by atoms with Crippen molar-refractivity contribution < 1.29 is 28.9 Å². The van der Waals surface area contributed by atoms with E-state index in [4.69, 9.17) is 14.2 Å². The Morgan fingerprint density at radius 1 is 1.00 bits per heavy atom. The summed E-state index contributed by atoms with van der Waals surface area (Å²) < 4.78 is 16.6. The van der Waals surface area contributed by atoms with Gasteiger partial charge in [-0.25, -0.2) is 0 Å². The topological polar surface area (TPSA) is 85.3 Å². The van der Waals surface area contributed by atoms with Gasteiger partial charge in [0.2, 0.25) is 0 Å². The summed E-state index contributed by atoms with van der Waals surface area (Å²) in [6.07, 6.45) is 2.20. The van der Waals surface area contributed by atoms with Gasteiger partial charge in [-0.3, -0.25) is 9.59 Å². The molecular weight excluding hydrogens is 494 g/mol. The summed E-state index contributed by atoms with van der Waals surface area (Å²) in [5.41, 5.74) is 3.37. The molecule has 3 aromatic rings. The molecule has 1 N–H and O–H groups in total. The van der Waals surface area contributed by atoms with Crippen LogP contribution in [0.4, 0.5) is 0 Å². The first-order chi connectivity index (χ1) is 18.9. The fourth-order valence-electron chi connectivity index (χ4n) is 4.57. The molecule has 0 bridgehead atoms. The highest BCUT2D eigenvalue weighted by Gasteiger charge is 2.45. The van der Waals surface area contributed by atoms with E-state index >= 15 is 0 Å². The van der Waals surface area contributed by atoms with E-state index in [0.29, 0.717) is 55.4 Å². The fraction of sp³-hybridized carbons (Fsp3) is 0.250. The van der Waals surface area contributed by atoms with Gasteiger partial charge in [-0.05, 0) is 60.9 Å². The Morgan fingerprint density at radius 3 is 2.36 bits per heavy atom. The van der Waals surface area contributed by atoms with Crippen molar-refractivity contribution in [2.75, 3.05) is 26.9 Å². The van der Waals surface area contributed by atoms with Crippen molar-refractivity contribution >= 4 is 17.4 Å². The number of hydrogen-bond donors (Lipinski definition) is 1. The molecule has 1 atom stereocenters. The van der Waals surface area contributed by atoms with Crippen LogP contribution in [0.25, 0.3) is 5.76 Å². The van der Waals surface area contributed by atoms with Crippen LogP contribution in [0.5, 0.6) is 11.5 Å². The molecule has 0 aliphatic carbocycles. The number of aryl methyl sites for hydroxylation is 1. The molecule has 1 heterocycles. The third-order valence-electron chi connectivity index (χ3n) is 6.47. The van der Waals surface area contributed by atoms with Crippen LogP contribution >= 0.6 is 0 Å². The van der Waals surface area contributed by atoms with Crippen LogP contribution in [-0.4, -0.2) is 48.6 Å². The Labute approximate surface area is 228 Å². The van der Waals surface area contributed by atoms with Crippen molar-refractivity contribution in [3.8, 4) is 11.5 Å². The predicted octanol–water partition coefficient (Wildman–Crippen LogP) is 5.60. The van der Waals surface area contributed by atoms with Crippen molar-refractivity contribution in [1.82, 2.24) is 4.90 Å². The minimum absolute atomic E-state index is 0.0469. The van der Waals surface area contributed by atoms with Gasteiger partial charge in [0.15, 0.2) is 0 Å². The standard InChI is InChI=1S/C32H33NO6/c1-4-18-38-26-13-9-24(10-14-26)29-28(31(35)32(36)33(29)17-6-19-37-3)30(34)25-11-15-27(16-12-25)39-21-23-8-5-7-22(2)20-23/h4-5,7-16,20,29,34H,1,6,17-19,21H2,2-3H3. The number of nitrogens with zero attached hydrogens (tertiary/aromatic N) is 1. The van der Waals surface area contributed by atoms with Gasteiger partial charge in [0.05, 0.1) is 11.6 Å². The summed E-state index contributed by atoms with van der Waals surface area (Å²) in [5, 5.41) is 11.3. The number of carbonyl (C=O) groups is 2. The van der Waals surface area contributed by atoms with Gasteiger partial charge < -0.3 is 24.2 Å². The molecule has 1 saturated heterocycles. The monoisotopic (exact) mass is 527 g/mol. The molecule has 39 heavy (non-hydrogen) atoms. The summed E-state index contributed by atoms with van der Waals surface area (Å²) in [5.74, 6) is -0.342. The Morgan fingerprint density at radius 2 is 1.69 bits per heavy atom. The first-order valence-corrected chi connectivity index (χ1v) is 12.8. The van der Waals surface area contributed by atoms with Crippen LogP contribution < -0.4 is 9.47 Å². The molecule has 4 rings (SSSR count). The second-order valence-electron chi connectivity index (χ2n) is 9.31. The predicted molar refractivity (Wildman–Crippen MR) is 150 cm³/mol. The zero-order chi connectivity index (χ0) is 27.8. The Bertz CT molecular complexity index is 1340. The minimum Gasteiger partial charge on any atom is -0.507 e. The van der Waals surface area contributed by atoms with Gasteiger partial charge in [-0.1, -0.05) is 54.6 Å². The number of rotatable bonds is 12. The van der Waals surface area contributed by atoms with Crippen molar-refractivity contribution in [2.45, 2.75) is 26.0 Å². The normalized spacial score (nSPS) is 16.4. The van der Waals surface area contributed by atoms with Crippen LogP contribution in [0.2, 0.25) is 0 Å². The molecule has 1 unspecified atom stereocenters. The van der Waals surface area contributed by atoms with E-state index < -0.39 is 17.7 Å². The maximum Gasteiger partial charge on any atom is 0.295 e. The van der Waals surface area contributed by atoms with Crippen molar-refractivity contribution in [2.24, 2.45) is 0 Å². The first kappa shape index (κ1) is 27.7. The molecule has 0 spiro atoms. The van der Waals surface area contributed by atoms with E-state index in [-0.39, 0.29) is 11.3 Å². The zero-order valence-electron chi connectivity index (χ0n) is 22.3. The van der Waals surface area contributed by atoms with E-state index in [1.807, 2.05) is 25.1 Å². The smallest absolute Gasteiger partial charge is 0.295 e. The lowest BCUT2D eigenvalue weighted by Gasteiger charge is -2.25. The minimum atomic E-state index is -0.743.